The maximum absolute atomic E-state index is 12.5. The summed E-state index contributed by atoms with van der Waals surface area (Å²) in [6.45, 7) is 0. The van der Waals surface area contributed by atoms with Crippen LogP contribution in [0, 0.1) is 0 Å². The van der Waals surface area contributed by atoms with E-state index in [4.69, 9.17) is 5.73 Å². The van der Waals surface area contributed by atoms with Gasteiger partial charge in [-0.25, -0.2) is 4.98 Å². The smallest absolute Gasteiger partial charge is 0.325 e. The predicted molar refractivity (Wildman–Crippen MR) is 58.9 cm³/mol. The first kappa shape index (κ1) is 12.6. The number of rotatable bonds is 1. The van der Waals surface area contributed by atoms with E-state index in [2.05, 4.69) is 4.98 Å². The van der Waals surface area contributed by atoms with Gasteiger partial charge in [-0.05, 0) is 31.4 Å². The van der Waals surface area contributed by atoms with E-state index in [1.54, 1.807) is 6.07 Å². The van der Waals surface area contributed by atoms with Gasteiger partial charge in [0.1, 0.15) is 5.69 Å². The highest BCUT2D eigenvalue weighted by molar-refractivity contribution is 5.85. The summed E-state index contributed by atoms with van der Waals surface area (Å²) >= 11 is 0. The summed E-state index contributed by atoms with van der Waals surface area (Å²) in [5.41, 5.74) is 5.36. The number of nitrogens with two attached hydrogens (primary N) is 1. The van der Waals surface area contributed by atoms with Crippen molar-refractivity contribution < 1.29 is 13.2 Å². The van der Waals surface area contributed by atoms with Crippen molar-refractivity contribution in [1.82, 2.24) is 4.98 Å². The summed E-state index contributed by atoms with van der Waals surface area (Å²) < 4.78 is 37.4. The van der Waals surface area contributed by atoms with E-state index in [1.807, 2.05) is 0 Å². The van der Waals surface area contributed by atoms with Crippen LogP contribution in [0.25, 0.3) is 0 Å². The molecule has 4 rings (SSSR count). The van der Waals surface area contributed by atoms with Gasteiger partial charge in [-0.1, -0.05) is 6.07 Å². The fourth-order valence-electron chi connectivity index (χ4n) is 3.03. The van der Waals surface area contributed by atoms with Gasteiger partial charge in [-0.2, -0.15) is 13.2 Å². The van der Waals surface area contributed by atoms with E-state index in [9.17, 15) is 13.2 Å². The van der Waals surface area contributed by atoms with Crippen molar-refractivity contribution in [1.29, 1.82) is 0 Å². The number of pyridine rings is 1. The molecule has 0 amide bonds. The van der Waals surface area contributed by atoms with Crippen molar-refractivity contribution in [2.24, 2.45) is 5.73 Å². The van der Waals surface area contributed by atoms with Crippen molar-refractivity contribution in [3.63, 3.8) is 0 Å². The van der Waals surface area contributed by atoms with Gasteiger partial charge in [0.25, 0.3) is 0 Å². The maximum atomic E-state index is 12.5. The van der Waals surface area contributed by atoms with Gasteiger partial charge in [0.15, 0.2) is 0 Å². The minimum Gasteiger partial charge on any atom is -0.325 e. The SMILES string of the molecule is Cl.NC12CC(c3cccc(C(F)(F)F)n3)(C1)C2. The summed E-state index contributed by atoms with van der Waals surface area (Å²) in [5.74, 6) is 0. The van der Waals surface area contributed by atoms with E-state index < -0.39 is 11.9 Å². The molecule has 0 aliphatic heterocycles. The molecule has 0 atom stereocenters. The first-order valence-corrected chi connectivity index (χ1v) is 5.17. The third kappa shape index (κ3) is 1.72. The Morgan fingerprint density at radius 3 is 2.24 bits per heavy atom. The van der Waals surface area contributed by atoms with Crippen LogP contribution in [0.5, 0.6) is 0 Å². The third-order valence-electron chi connectivity index (χ3n) is 3.65. The van der Waals surface area contributed by atoms with Gasteiger partial charge in [0, 0.05) is 16.6 Å². The molecule has 3 aliphatic carbocycles. The van der Waals surface area contributed by atoms with Crippen LogP contribution in [0.1, 0.15) is 30.7 Å². The van der Waals surface area contributed by atoms with Gasteiger partial charge in [-0.3, -0.25) is 0 Å². The quantitative estimate of drug-likeness (QED) is 0.847. The molecule has 1 heterocycles. The van der Waals surface area contributed by atoms with Crippen LogP contribution in [0.4, 0.5) is 13.2 Å². The lowest BCUT2D eigenvalue weighted by atomic mass is 9.39. The zero-order valence-electron chi connectivity index (χ0n) is 8.92. The normalized spacial score (nSPS) is 34.4. The standard InChI is InChI=1S/C11H11F3N2.ClH/c12-11(13,14)8-3-1-2-7(16-8)9-4-10(15,5-9)6-9;/h1-3H,4-6,15H2;1H. The fourth-order valence-corrected chi connectivity index (χ4v) is 3.03. The lowest BCUT2D eigenvalue weighted by Crippen LogP contribution is -2.74. The van der Waals surface area contributed by atoms with Crippen molar-refractivity contribution in [2.45, 2.75) is 36.4 Å². The van der Waals surface area contributed by atoms with Crippen molar-refractivity contribution in [2.75, 3.05) is 0 Å². The fraction of sp³-hybridized carbons (Fsp3) is 0.545. The number of hydrogen-bond acceptors (Lipinski definition) is 2. The Labute approximate surface area is 103 Å². The van der Waals surface area contributed by atoms with Crippen LogP contribution in [0.15, 0.2) is 18.2 Å². The van der Waals surface area contributed by atoms with Crippen molar-refractivity contribution in [3.05, 3.63) is 29.6 Å². The lowest BCUT2D eigenvalue weighted by molar-refractivity contribution is -0.142. The van der Waals surface area contributed by atoms with Crippen LogP contribution in [0.3, 0.4) is 0 Å². The minimum atomic E-state index is -4.36. The van der Waals surface area contributed by atoms with Crippen LogP contribution < -0.4 is 5.73 Å². The van der Waals surface area contributed by atoms with E-state index in [0.717, 1.165) is 25.3 Å². The van der Waals surface area contributed by atoms with Gasteiger partial charge in [0.05, 0.1) is 0 Å². The van der Waals surface area contributed by atoms with Gasteiger partial charge in [-0.15, -0.1) is 12.4 Å². The average molecular weight is 265 g/mol. The topological polar surface area (TPSA) is 38.9 Å². The zero-order chi connectivity index (χ0) is 11.6. The highest BCUT2D eigenvalue weighted by Gasteiger charge is 2.67. The van der Waals surface area contributed by atoms with Gasteiger partial charge >= 0.3 is 6.18 Å². The Morgan fingerprint density at radius 1 is 1.18 bits per heavy atom. The monoisotopic (exact) mass is 264 g/mol. The molecule has 94 valence electrons. The summed E-state index contributed by atoms with van der Waals surface area (Å²) in [6, 6.07) is 4.11. The molecule has 2 nitrogen and oxygen atoms in total. The molecule has 3 saturated carbocycles. The molecule has 0 unspecified atom stereocenters. The Balaban J connectivity index is 0.00000108. The number of halogens is 4. The molecular weight excluding hydrogens is 253 g/mol. The first-order valence-electron chi connectivity index (χ1n) is 5.17. The Hall–Kier alpha value is -0.810. The molecule has 2 bridgehead atoms. The highest BCUT2D eigenvalue weighted by atomic mass is 35.5. The summed E-state index contributed by atoms with van der Waals surface area (Å²) in [7, 11) is 0. The second-order valence-electron chi connectivity index (χ2n) is 5.08. The molecule has 17 heavy (non-hydrogen) atoms. The number of hydrogen-bond donors (Lipinski definition) is 1. The number of aromatic nitrogens is 1. The lowest BCUT2D eigenvalue weighted by Gasteiger charge is -2.68. The van der Waals surface area contributed by atoms with E-state index in [1.165, 1.54) is 6.07 Å². The zero-order valence-corrected chi connectivity index (χ0v) is 9.74. The Bertz CT molecular complexity index is 439. The second-order valence-corrected chi connectivity index (χ2v) is 5.08. The Kier molecular flexibility index (Phi) is 2.50. The molecule has 1 aromatic heterocycles. The van der Waals surface area contributed by atoms with Crippen LogP contribution in [0.2, 0.25) is 0 Å². The highest BCUT2D eigenvalue weighted by Crippen LogP contribution is 2.66. The number of alkyl halides is 3. The molecule has 0 aromatic carbocycles. The molecule has 2 N–H and O–H groups in total. The first-order chi connectivity index (χ1) is 7.33. The molecule has 0 radical (unpaired) electrons. The second kappa shape index (κ2) is 3.36. The number of nitrogens with zero attached hydrogens (tertiary/aromatic N) is 1. The molecule has 3 aliphatic rings. The average Bonchev–Trinajstić information content (AvgIpc) is 2.10. The van der Waals surface area contributed by atoms with Crippen LogP contribution >= 0.6 is 12.4 Å². The summed E-state index contributed by atoms with van der Waals surface area (Å²) in [5, 5.41) is 0. The van der Waals surface area contributed by atoms with E-state index in [-0.39, 0.29) is 23.4 Å². The van der Waals surface area contributed by atoms with E-state index >= 15 is 0 Å². The van der Waals surface area contributed by atoms with Crippen molar-refractivity contribution >= 4 is 12.4 Å². The predicted octanol–water partition coefficient (Wildman–Crippen LogP) is 2.66. The Morgan fingerprint density at radius 2 is 1.76 bits per heavy atom. The maximum Gasteiger partial charge on any atom is 0.433 e. The minimum absolute atomic E-state index is 0. The summed E-state index contributed by atoms with van der Waals surface area (Å²) in [6.07, 6.45) is -2.04. The largest absolute Gasteiger partial charge is 0.433 e. The molecule has 0 spiro atoms. The van der Waals surface area contributed by atoms with Gasteiger partial charge < -0.3 is 5.73 Å². The molecule has 1 aromatic rings. The van der Waals surface area contributed by atoms with Crippen molar-refractivity contribution in [3.8, 4) is 0 Å². The van der Waals surface area contributed by atoms with Crippen LogP contribution in [-0.2, 0) is 11.6 Å². The molecule has 0 saturated heterocycles. The molecular formula is C11H12ClF3N2. The van der Waals surface area contributed by atoms with Gasteiger partial charge in [0.2, 0.25) is 0 Å². The molecule has 6 heteroatoms. The van der Waals surface area contributed by atoms with E-state index in [0.29, 0.717) is 5.69 Å². The molecule has 3 fully saturated rings. The van der Waals surface area contributed by atoms with Crippen LogP contribution in [-0.4, -0.2) is 10.5 Å². The third-order valence-corrected chi connectivity index (χ3v) is 3.65. The summed E-state index contributed by atoms with van der Waals surface area (Å²) in [4.78, 5) is 3.73.